The second-order valence-corrected chi connectivity index (χ2v) is 9.11. The molecule has 0 unspecified atom stereocenters. The molecule has 0 aliphatic heterocycles. The normalized spacial score (nSPS) is 17.9. The lowest BCUT2D eigenvalue weighted by Crippen LogP contribution is -2.34. The van der Waals surface area contributed by atoms with Crippen molar-refractivity contribution in [1.29, 1.82) is 0 Å². The summed E-state index contributed by atoms with van der Waals surface area (Å²) in [5, 5.41) is 24.1. The van der Waals surface area contributed by atoms with E-state index in [4.69, 9.17) is 28.9 Å². The van der Waals surface area contributed by atoms with Crippen molar-refractivity contribution in [1.82, 2.24) is 9.97 Å². The zero-order valence-corrected chi connectivity index (χ0v) is 19.1. The van der Waals surface area contributed by atoms with Gasteiger partial charge in [-0.15, -0.1) is 0 Å². The molecule has 168 valence electrons. The van der Waals surface area contributed by atoms with Crippen LogP contribution in [0.3, 0.4) is 0 Å². The molecule has 2 saturated carbocycles. The molecule has 2 aromatic carbocycles. The Labute approximate surface area is 197 Å². The first-order chi connectivity index (χ1) is 15.3. The Kier molecular flexibility index (Phi) is 6.58. The number of nitrogen functional groups attached to an aromatic ring is 1. The fourth-order valence-corrected chi connectivity index (χ4v) is 4.31. The van der Waals surface area contributed by atoms with Crippen LogP contribution in [0.1, 0.15) is 49.7 Å². The third kappa shape index (κ3) is 4.69. The smallest absolute Gasteiger partial charge is 0.224 e. The van der Waals surface area contributed by atoms with Crippen molar-refractivity contribution in [2.75, 3.05) is 11.1 Å². The van der Waals surface area contributed by atoms with Crippen LogP contribution in [0.25, 0.3) is 0 Å². The minimum Gasteiger partial charge on any atom is -0.398 e. The number of hydrogen-bond donors (Lipinski definition) is 4. The molecule has 0 amide bonds. The van der Waals surface area contributed by atoms with Gasteiger partial charge in [0.15, 0.2) is 5.82 Å². The molecule has 0 atom stereocenters. The summed E-state index contributed by atoms with van der Waals surface area (Å²) in [4.78, 5) is 7.88. The number of nitrogens with one attached hydrogen (secondary N) is 1. The van der Waals surface area contributed by atoms with Crippen molar-refractivity contribution in [3.63, 3.8) is 0 Å². The molecule has 6 nitrogen and oxygen atoms in total. The third-order valence-electron chi connectivity index (χ3n) is 6.22. The number of rotatable bonds is 4. The Balaban J connectivity index is 0.000000174. The van der Waals surface area contributed by atoms with Crippen LogP contribution < -0.4 is 11.1 Å². The van der Waals surface area contributed by atoms with E-state index in [0.717, 1.165) is 55.3 Å². The second-order valence-electron chi connectivity index (χ2n) is 8.36. The van der Waals surface area contributed by atoms with Crippen molar-refractivity contribution < 1.29 is 10.2 Å². The van der Waals surface area contributed by atoms with Crippen LogP contribution in [0.5, 0.6) is 0 Å². The standard InChI is InChI=1S/C14H13Cl2N3O.C10H13NO/c15-10-8-17-13(16)19-12(10)18-11-5-2-1-4-9(11)14(20)6-3-7-14;11-9-5-2-1-4-8(9)10(12)6-3-7-10/h1-2,4-5,8,20H,3,6-7H2,(H,17,18,19);1-2,4-5,12H,3,6-7,11H2. The van der Waals surface area contributed by atoms with Crippen LogP contribution in [-0.4, -0.2) is 20.2 Å². The topological polar surface area (TPSA) is 104 Å². The highest BCUT2D eigenvalue weighted by Crippen LogP contribution is 2.45. The number of nitrogens with two attached hydrogens (primary N) is 1. The molecule has 8 heteroatoms. The van der Waals surface area contributed by atoms with Crippen LogP contribution in [0, 0.1) is 0 Å². The fourth-order valence-electron chi connectivity index (χ4n) is 4.04. The number of aliphatic hydroxyl groups is 2. The summed E-state index contributed by atoms with van der Waals surface area (Å²) in [5.74, 6) is 0.432. The highest BCUT2D eigenvalue weighted by molar-refractivity contribution is 6.33. The number of nitrogens with zero attached hydrogens (tertiary/aromatic N) is 2. The van der Waals surface area contributed by atoms with E-state index in [-0.39, 0.29) is 5.28 Å². The summed E-state index contributed by atoms with van der Waals surface area (Å²) in [5.41, 5.74) is 7.63. The van der Waals surface area contributed by atoms with Crippen LogP contribution in [0.15, 0.2) is 54.7 Å². The maximum absolute atomic E-state index is 10.5. The molecule has 2 aliphatic rings. The summed E-state index contributed by atoms with van der Waals surface area (Å²) < 4.78 is 0. The van der Waals surface area contributed by atoms with E-state index in [1.807, 2.05) is 48.5 Å². The zero-order chi connectivity index (χ0) is 22.8. The van der Waals surface area contributed by atoms with Crippen LogP contribution in [0.4, 0.5) is 17.2 Å². The van der Waals surface area contributed by atoms with Crippen molar-refractivity contribution in [2.24, 2.45) is 0 Å². The van der Waals surface area contributed by atoms with Gasteiger partial charge in [0, 0.05) is 22.5 Å². The van der Waals surface area contributed by atoms with E-state index in [1.54, 1.807) is 0 Å². The summed E-state index contributed by atoms with van der Waals surface area (Å²) in [6.45, 7) is 0. The largest absolute Gasteiger partial charge is 0.398 e. The Hall–Kier alpha value is -2.38. The van der Waals surface area contributed by atoms with E-state index < -0.39 is 11.2 Å². The minimum atomic E-state index is -0.757. The maximum atomic E-state index is 10.5. The lowest BCUT2D eigenvalue weighted by atomic mass is 9.74. The van der Waals surface area contributed by atoms with Gasteiger partial charge in [0.25, 0.3) is 0 Å². The number of benzene rings is 2. The minimum absolute atomic E-state index is 0.122. The maximum Gasteiger partial charge on any atom is 0.224 e. The van der Waals surface area contributed by atoms with Gasteiger partial charge < -0.3 is 21.3 Å². The first-order valence-corrected chi connectivity index (χ1v) is 11.4. The molecule has 1 heterocycles. The molecule has 0 radical (unpaired) electrons. The van der Waals surface area contributed by atoms with Gasteiger partial charge in [-0.25, -0.2) is 4.98 Å². The average Bonchev–Trinajstić information content (AvgIpc) is 2.74. The number of hydrogen-bond acceptors (Lipinski definition) is 6. The molecule has 5 N–H and O–H groups in total. The van der Waals surface area contributed by atoms with E-state index in [1.165, 1.54) is 6.20 Å². The average molecular weight is 473 g/mol. The Bertz CT molecular complexity index is 1100. The van der Waals surface area contributed by atoms with Gasteiger partial charge in [-0.1, -0.05) is 48.0 Å². The number of aromatic nitrogens is 2. The van der Waals surface area contributed by atoms with Crippen LogP contribution in [0.2, 0.25) is 10.3 Å². The highest BCUT2D eigenvalue weighted by atomic mass is 35.5. The predicted molar refractivity (Wildman–Crippen MR) is 128 cm³/mol. The predicted octanol–water partition coefficient (Wildman–Crippen LogP) is 5.54. The Morgan fingerprint density at radius 2 is 1.41 bits per heavy atom. The van der Waals surface area contributed by atoms with Gasteiger partial charge in [-0.3, -0.25) is 0 Å². The molecule has 0 saturated heterocycles. The molecule has 2 aliphatic carbocycles. The summed E-state index contributed by atoms with van der Waals surface area (Å²) >= 11 is 11.8. The van der Waals surface area contributed by atoms with E-state index in [2.05, 4.69) is 15.3 Å². The first kappa shape index (κ1) is 22.8. The lowest BCUT2D eigenvalue weighted by Gasteiger charge is -2.38. The van der Waals surface area contributed by atoms with Crippen LogP contribution in [-0.2, 0) is 11.2 Å². The van der Waals surface area contributed by atoms with Gasteiger partial charge in [-0.05, 0) is 62.3 Å². The van der Waals surface area contributed by atoms with E-state index >= 15 is 0 Å². The molecule has 5 rings (SSSR count). The number of anilines is 3. The molecule has 2 fully saturated rings. The molecular formula is C24H26Cl2N4O2. The fraction of sp³-hybridized carbons (Fsp3) is 0.333. The van der Waals surface area contributed by atoms with Gasteiger partial charge in [-0.2, -0.15) is 4.98 Å². The van der Waals surface area contributed by atoms with Gasteiger partial charge >= 0.3 is 0 Å². The monoisotopic (exact) mass is 472 g/mol. The van der Waals surface area contributed by atoms with Crippen molar-refractivity contribution >= 4 is 40.4 Å². The Morgan fingerprint density at radius 1 is 0.844 bits per heavy atom. The van der Waals surface area contributed by atoms with Gasteiger partial charge in [0.05, 0.1) is 17.4 Å². The molecular weight excluding hydrogens is 447 g/mol. The SMILES string of the molecule is Nc1ccccc1C1(O)CCC1.OC1(c2ccccc2Nc2nc(Cl)ncc2Cl)CCC1. The number of para-hydroxylation sites is 2. The van der Waals surface area contributed by atoms with Crippen LogP contribution >= 0.6 is 23.2 Å². The van der Waals surface area contributed by atoms with Gasteiger partial charge in [0.2, 0.25) is 5.28 Å². The number of halogens is 2. The van der Waals surface area contributed by atoms with Gasteiger partial charge in [0.1, 0.15) is 5.02 Å². The summed E-state index contributed by atoms with van der Waals surface area (Å²) in [6.07, 6.45) is 6.81. The molecule has 1 aromatic heterocycles. The molecule has 0 bridgehead atoms. The second kappa shape index (κ2) is 9.24. The lowest BCUT2D eigenvalue weighted by molar-refractivity contribution is -0.0384. The summed E-state index contributed by atoms with van der Waals surface area (Å²) in [7, 11) is 0. The van der Waals surface area contributed by atoms with Crippen molar-refractivity contribution in [3.05, 3.63) is 76.2 Å². The van der Waals surface area contributed by atoms with E-state index in [9.17, 15) is 10.2 Å². The molecule has 32 heavy (non-hydrogen) atoms. The summed E-state index contributed by atoms with van der Waals surface area (Å²) in [6, 6.07) is 15.2. The first-order valence-electron chi connectivity index (χ1n) is 10.7. The molecule has 3 aromatic rings. The quantitative estimate of drug-likeness (QED) is 0.293. The Morgan fingerprint density at radius 3 is 2.00 bits per heavy atom. The van der Waals surface area contributed by atoms with Crippen molar-refractivity contribution in [3.8, 4) is 0 Å². The third-order valence-corrected chi connectivity index (χ3v) is 6.68. The zero-order valence-electron chi connectivity index (χ0n) is 17.6. The van der Waals surface area contributed by atoms with E-state index in [0.29, 0.717) is 16.5 Å². The highest BCUT2D eigenvalue weighted by Gasteiger charge is 2.38. The molecule has 0 spiro atoms. The van der Waals surface area contributed by atoms with Crippen molar-refractivity contribution in [2.45, 2.75) is 49.7 Å².